The second-order valence-electron chi connectivity index (χ2n) is 3.83. The Labute approximate surface area is 94.8 Å². The van der Waals surface area contributed by atoms with Gasteiger partial charge in [0, 0.05) is 18.3 Å². The smallest absolute Gasteiger partial charge is 0.113 e. The van der Waals surface area contributed by atoms with Gasteiger partial charge in [0.1, 0.15) is 5.82 Å². The van der Waals surface area contributed by atoms with Crippen molar-refractivity contribution in [2.45, 2.75) is 19.8 Å². The zero-order valence-electron chi connectivity index (χ0n) is 9.36. The predicted octanol–water partition coefficient (Wildman–Crippen LogP) is 2.74. The second kappa shape index (κ2) is 4.19. The summed E-state index contributed by atoms with van der Waals surface area (Å²) < 4.78 is 0. The molecule has 1 heterocycles. The minimum Gasteiger partial charge on any atom is -0.348 e. The van der Waals surface area contributed by atoms with Crippen molar-refractivity contribution in [3.8, 4) is 6.07 Å². The molecule has 1 aromatic carbocycles. The van der Waals surface area contributed by atoms with Crippen LogP contribution in [-0.2, 0) is 0 Å². The molecule has 0 amide bonds. The summed E-state index contributed by atoms with van der Waals surface area (Å²) in [7, 11) is 0. The topological polar surface area (TPSA) is 52.5 Å². The molecular formula is C13H13N3. The maximum absolute atomic E-state index is 8.98. The van der Waals surface area contributed by atoms with E-state index in [2.05, 4.69) is 23.0 Å². The van der Waals surface area contributed by atoms with Gasteiger partial charge in [-0.2, -0.15) is 5.26 Å². The van der Waals surface area contributed by atoms with E-state index in [1.807, 2.05) is 31.3 Å². The van der Waals surface area contributed by atoms with Crippen molar-refractivity contribution in [3.05, 3.63) is 53.1 Å². The highest BCUT2D eigenvalue weighted by Crippen LogP contribution is 2.25. The van der Waals surface area contributed by atoms with Crippen LogP contribution in [0.25, 0.3) is 0 Å². The first-order valence-electron chi connectivity index (χ1n) is 5.23. The Hall–Kier alpha value is -2.08. The number of nitriles is 1. The van der Waals surface area contributed by atoms with E-state index in [4.69, 9.17) is 5.26 Å². The summed E-state index contributed by atoms with van der Waals surface area (Å²) in [4.78, 5) is 7.36. The monoisotopic (exact) mass is 211 g/mol. The van der Waals surface area contributed by atoms with Crippen molar-refractivity contribution < 1.29 is 0 Å². The quantitative estimate of drug-likeness (QED) is 0.830. The molecule has 3 heteroatoms. The number of rotatable bonds is 2. The Morgan fingerprint density at radius 3 is 2.88 bits per heavy atom. The van der Waals surface area contributed by atoms with Gasteiger partial charge in [-0.05, 0) is 24.1 Å². The standard InChI is InChI=1S/C13H13N3/c1-9-11(8-14)4-3-5-12(9)10(2)13-15-6-7-16-13/h3-7,10H,1-2H3,(H,15,16)/t10-/m1/s1. The van der Waals surface area contributed by atoms with Crippen LogP contribution in [0, 0.1) is 18.3 Å². The summed E-state index contributed by atoms with van der Waals surface area (Å²) in [5, 5.41) is 8.98. The predicted molar refractivity (Wildman–Crippen MR) is 62.0 cm³/mol. The van der Waals surface area contributed by atoms with Gasteiger partial charge in [0.25, 0.3) is 0 Å². The van der Waals surface area contributed by atoms with Gasteiger partial charge in [-0.3, -0.25) is 0 Å². The van der Waals surface area contributed by atoms with Crippen molar-refractivity contribution >= 4 is 0 Å². The molecule has 0 spiro atoms. The lowest BCUT2D eigenvalue weighted by Gasteiger charge is -2.13. The first-order valence-corrected chi connectivity index (χ1v) is 5.23. The van der Waals surface area contributed by atoms with Crippen molar-refractivity contribution in [1.82, 2.24) is 9.97 Å². The number of imidazole rings is 1. The molecule has 0 saturated heterocycles. The summed E-state index contributed by atoms with van der Waals surface area (Å²) in [6, 6.07) is 8.01. The minimum atomic E-state index is 0.184. The zero-order chi connectivity index (χ0) is 11.5. The molecule has 0 aliphatic heterocycles. The molecule has 16 heavy (non-hydrogen) atoms. The van der Waals surface area contributed by atoms with Crippen LogP contribution in [0.5, 0.6) is 0 Å². The van der Waals surface area contributed by atoms with Crippen molar-refractivity contribution in [3.63, 3.8) is 0 Å². The number of aromatic amines is 1. The fraction of sp³-hybridized carbons (Fsp3) is 0.231. The van der Waals surface area contributed by atoms with E-state index in [0.29, 0.717) is 0 Å². The largest absolute Gasteiger partial charge is 0.348 e. The first kappa shape index (κ1) is 10.4. The fourth-order valence-electron chi connectivity index (χ4n) is 1.91. The average Bonchev–Trinajstić information content (AvgIpc) is 2.82. The fourth-order valence-corrected chi connectivity index (χ4v) is 1.91. The molecule has 0 saturated carbocycles. The SMILES string of the molecule is Cc1c(C#N)cccc1[C@@H](C)c1ncc[nH]1. The van der Waals surface area contributed by atoms with Gasteiger partial charge < -0.3 is 4.98 Å². The number of benzene rings is 1. The molecule has 3 nitrogen and oxygen atoms in total. The summed E-state index contributed by atoms with van der Waals surface area (Å²) in [6.07, 6.45) is 3.56. The first-order chi connectivity index (χ1) is 7.74. The molecule has 80 valence electrons. The molecule has 0 unspecified atom stereocenters. The Morgan fingerprint density at radius 2 is 2.25 bits per heavy atom. The highest BCUT2D eigenvalue weighted by molar-refractivity contribution is 5.44. The number of aromatic nitrogens is 2. The van der Waals surface area contributed by atoms with Crippen molar-refractivity contribution in [2.75, 3.05) is 0 Å². The number of hydrogen-bond donors (Lipinski definition) is 1. The van der Waals surface area contributed by atoms with E-state index < -0.39 is 0 Å². The van der Waals surface area contributed by atoms with Crippen molar-refractivity contribution in [1.29, 1.82) is 5.26 Å². The van der Waals surface area contributed by atoms with Crippen LogP contribution >= 0.6 is 0 Å². The second-order valence-corrected chi connectivity index (χ2v) is 3.83. The van der Waals surface area contributed by atoms with E-state index in [-0.39, 0.29) is 5.92 Å². The highest BCUT2D eigenvalue weighted by Gasteiger charge is 2.14. The van der Waals surface area contributed by atoms with Crippen LogP contribution in [0.3, 0.4) is 0 Å². The summed E-state index contributed by atoms with van der Waals surface area (Å²) >= 11 is 0. The van der Waals surface area contributed by atoms with Crippen LogP contribution in [0.1, 0.15) is 35.4 Å². The third-order valence-electron chi connectivity index (χ3n) is 2.89. The van der Waals surface area contributed by atoms with Crippen LogP contribution in [0.4, 0.5) is 0 Å². The third kappa shape index (κ3) is 1.70. The lowest BCUT2D eigenvalue weighted by atomic mass is 9.93. The Kier molecular flexibility index (Phi) is 2.74. The summed E-state index contributed by atoms with van der Waals surface area (Å²) in [5.41, 5.74) is 2.92. The highest BCUT2D eigenvalue weighted by atomic mass is 14.9. The van der Waals surface area contributed by atoms with Crippen LogP contribution in [0.2, 0.25) is 0 Å². The molecule has 0 aliphatic rings. The van der Waals surface area contributed by atoms with Crippen molar-refractivity contribution in [2.24, 2.45) is 0 Å². The van der Waals surface area contributed by atoms with E-state index in [9.17, 15) is 0 Å². The van der Waals surface area contributed by atoms with Gasteiger partial charge in [-0.15, -0.1) is 0 Å². The average molecular weight is 211 g/mol. The van der Waals surface area contributed by atoms with E-state index in [1.165, 1.54) is 0 Å². The molecule has 2 rings (SSSR count). The third-order valence-corrected chi connectivity index (χ3v) is 2.89. The molecule has 0 radical (unpaired) electrons. The normalized spacial score (nSPS) is 12.1. The molecule has 2 aromatic rings. The maximum Gasteiger partial charge on any atom is 0.113 e. The Balaban J connectivity index is 2.46. The number of hydrogen-bond acceptors (Lipinski definition) is 2. The van der Waals surface area contributed by atoms with Crippen LogP contribution in [0.15, 0.2) is 30.6 Å². The van der Waals surface area contributed by atoms with E-state index in [1.54, 1.807) is 6.20 Å². The number of nitrogens with zero attached hydrogens (tertiary/aromatic N) is 2. The van der Waals surface area contributed by atoms with Gasteiger partial charge in [-0.25, -0.2) is 4.98 Å². The van der Waals surface area contributed by atoms with E-state index in [0.717, 1.165) is 22.5 Å². The molecule has 0 fully saturated rings. The van der Waals surface area contributed by atoms with Gasteiger partial charge in [0.05, 0.1) is 11.6 Å². The minimum absolute atomic E-state index is 0.184. The van der Waals surface area contributed by atoms with Crippen LogP contribution in [-0.4, -0.2) is 9.97 Å². The summed E-state index contributed by atoms with van der Waals surface area (Å²) in [5.74, 6) is 1.11. The molecule has 0 aliphatic carbocycles. The van der Waals surface area contributed by atoms with Gasteiger partial charge >= 0.3 is 0 Å². The van der Waals surface area contributed by atoms with Gasteiger partial charge in [0.2, 0.25) is 0 Å². The zero-order valence-corrected chi connectivity index (χ0v) is 9.36. The molecule has 1 aromatic heterocycles. The lowest BCUT2D eigenvalue weighted by Crippen LogP contribution is -2.02. The van der Waals surface area contributed by atoms with E-state index >= 15 is 0 Å². The Bertz CT molecular complexity index is 521. The molecule has 1 atom stereocenters. The maximum atomic E-state index is 8.98. The van der Waals surface area contributed by atoms with Crippen LogP contribution < -0.4 is 0 Å². The van der Waals surface area contributed by atoms with Gasteiger partial charge in [-0.1, -0.05) is 19.1 Å². The summed E-state index contributed by atoms with van der Waals surface area (Å²) in [6.45, 7) is 4.07. The Morgan fingerprint density at radius 1 is 1.44 bits per heavy atom. The number of nitrogens with one attached hydrogen (secondary N) is 1. The number of H-pyrrole nitrogens is 1. The lowest BCUT2D eigenvalue weighted by molar-refractivity contribution is 0.831. The molecule has 0 bridgehead atoms. The molecule has 1 N–H and O–H groups in total. The molecular weight excluding hydrogens is 198 g/mol. The van der Waals surface area contributed by atoms with Gasteiger partial charge in [0.15, 0.2) is 0 Å².